The normalized spacial score (nSPS) is 19.2. The van der Waals surface area contributed by atoms with E-state index < -0.39 is 0 Å². The first-order chi connectivity index (χ1) is 8.24. The van der Waals surface area contributed by atoms with Gasteiger partial charge in [-0.05, 0) is 36.6 Å². The average Bonchev–Trinajstić information content (AvgIpc) is 2.81. The molecule has 1 aromatic carbocycles. The lowest BCUT2D eigenvalue weighted by Gasteiger charge is -2.21. The smallest absolute Gasteiger partial charge is 0.258 e. The largest absolute Gasteiger partial charge is 0.372 e. The third-order valence-corrected chi connectivity index (χ3v) is 3.41. The van der Waals surface area contributed by atoms with Gasteiger partial charge in [0.25, 0.3) is 5.91 Å². The Morgan fingerprint density at radius 2 is 1.88 bits per heavy atom. The summed E-state index contributed by atoms with van der Waals surface area (Å²) in [6.07, 6.45) is 2.75. The summed E-state index contributed by atoms with van der Waals surface area (Å²) in [5.74, 6) is -0.481. The van der Waals surface area contributed by atoms with Crippen LogP contribution < -0.4 is 10.2 Å². The van der Waals surface area contributed by atoms with Gasteiger partial charge in [-0.3, -0.25) is 14.9 Å². The second-order valence-corrected chi connectivity index (χ2v) is 4.59. The molecule has 0 radical (unpaired) electrons. The molecular weight excluding hydrogens is 216 g/mol. The maximum absolute atomic E-state index is 11.6. The van der Waals surface area contributed by atoms with Gasteiger partial charge >= 0.3 is 0 Å². The summed E-state index contributed by atoms with van der Waals surface area (Å²) in [5, 5.41) is 2.33. The number of rotatable bonds is 1. The van der Waals surface area contributed by atoms with Crippen molar-refractivity contribution in [3.8, 4) is 0 Å². The lowest BCUT2D eigenvalue weighted by molar-refractivity contribution is -0.119. The fourth-order valence-corrected chi connectivity index (χ4v) is 2.53. The first kappa shape index (κ1) is 10.3. The van der Waals surface area contributed by atoms with Crippen molar-refractivity contribution >= 4 is 17.5 Å². The number of nitrogens with zero attached hydrogens (tertiary/aromatic N) is 1. The zero-order valence-corrected chi connectivity index (χ0v) is 9.53. The third kappa shape index (κ3) is 1.79. The van der Waals surface area contributed by atoms with E-state index in [9.17, 15) is 9.59 Å². The molecule has 1 saturated heterocycles. The van der Waals surface area contributed by atoms with Crippen LogP contribution >= 0.6 is 0 Å². The number of hydrogen-bond acceptors (Lipinski definition) is 3. The number of amides is 2. The van der Waals surface area contributed by atoms with Gasteiger partial charge in [-0.2, -0.15) is 0 Å². The summed E-state index contributed by atoms with van der Waals surface area (Å²) in [6, 6.07) is 5.78. The monoisotopic (exact) mass is 230 g/mol. The van der Waals surface area contributed by atoms with Crippen LogP contribution in [-0.4, -0.2) is 24.9 Å². The minimum absolute atomic E-state index is 0.207. The summed E-state index contributed by atoms with van der Waals surface area (Å²) >= 11 is 0. The number of benzene rings is 1. The van der Waals surface area contributed by atoms with E-state index in [1.807, 2.05) is 18.2 Å². The van der Waals surface area contributed by atoms with Crippen LogP contribution in [0.15, 0.2) is 18.2 Å². The molecule has 0 bridgehead atoms. The van der Waals surface area contributed by atoms with Crippen LogP contribution in [0.4, 0.5) is 5.69 Å². The molecule has 0 aromatic heterocycles. The first-order valence-corrected chi connectivity index (χ1v) is 5.96. The summed E-state index contributed by atoms with van der Waals surface area (Å²) in [7, 11) is 0. The fourth-order valence-electron chi connectivity index (χ4n) is 2.53. The van der Waals surface area contributed by atoms with Gasteiger partial charge in [0, 0.05) is 24.3 Å². The van der Waals surface area contributed by atoms with E-state index in [0.29, 0.717) is 12.0 Å². The molecule has 3 rings (SSSR count). The van der Waals surface area contributed by atoms with Gasteiger partial charge in [0.1, 0.15) is 0 Å². The van der Waals surface area contributed by atoms with Crippen molar-refractivity contribution in [1.29, 1.82) is 0 Å². The van der Waals surface area contributed by atoms with Crippen LogP contribution in [0.3, 0.4) is 0 Å². The Labute approximate surface area is 99.6 Å². The molecule has 2 heterocycles. The topological polar surface area (TPSA) is 49.4 Å². The zero-order valence-electron chi connectivity index (χ0n) is 9.53. The van der Waals surface area contributed by atoms with Crippen molar-refractivity contribution in [3.05, 3.63) is 29.3 Å². The van der Waals surface area contributed by atoms with E-state index in [2.05, 4.69) is 10.2 Å². The van der Waals surface area contributed by atoms with Crippen molar-refractivity contribution in [2.24, 2.45) is 0 Å². The van der Waals surface area contributed by atoms with E-state index in [4.69, 9.17) is 0 Å². The highest BCUT2D eigenvalue weighted by atomic mass is 16.2. The average molecular weight is 230 g/mol. The lowest BCUT2D eigenvalue weighted by Crippen LogP contribution is -2.37. The third-order valence-electron chi connectivity index (χ3n) is 3.41. The molecule has 88 valence electrons. The Morgan fingerprint density at radius 3 is 2.65 bits per heavy atom. The van der Waals surface area contributed by atoms with Crippen molar-refractivity contribution in [1.82, 2.24) is 5.32 Å². The lowest BCUT2D eigenvalue weighted by atomic mass is 9.99. The highest BCUT2D eigenvalue weighted by Gasteiger charge is 2.23. The van der Waals surface area contributed by atoms with E-state index in [-0.39, 0.29) is 11.8 Å². The minimum Gasteiger partial charge on any atom is -0.372 e. The Bertz CT molecular complexity index is 490. The second-order valence-electron chi connectivity index (χ2n) is 4.59. The molecule has 17 heavy (non-hydrogen) atoms. The molecule has 0 unspecified atom stereocenters. The molecule has 1 aromatic rings. The number of nitrogens with one attached hydrogen (secondary N) is 1. The molecule has 2 amide bonds. The second kappa shape index (κ2) is 3.87. The maximum atomic E-state index is 11.6. The van der Waals surface area contributed by atoms with Gasteiger partial charge in [-0.15, -0.1) is 0 Å². The highest BCUT2D eigenvalue weighted by Crippen LogP contribution is 2.25. The zero-order chi connectivity index (χ0) is 11.8. The van der Waals surface area contributed by atoms with Crippen molar-refractivity contribution in [2.75, 3.05) is 18.0 Å². The first-order valence-electron chi connectivity index (χ1n) is 5.96. The van der Waals surface area contributed by atoms with Gasteiger partial charge in [-0.25, -0.2) is 0 Å². The van der Waals surface area contributed by atoms with Crippen molar-refractivity contribution in [2.45, 2.75) is 19.3 Å². The van der Waals surface area contributed by atoms with Crippen molar-refractivity contribution < 1.29 is 9.59 Å². The van der Waals surface area contributed by atoms with Crippen molar-refractivity contribution in [3.63, 3.8) is 0 Å². The highest BCUT2D eigenvalue weighted by molar-refractivity contribution is 6.09. The van der Waals surface area contributed by atoms with Crippen LogP contribution in [0.5, 0.6) is 0 Å². The molecule has 0 aliphatic carbocycles. The molecule has 0 spiro atoms. The van der Waals surface area contributed by atoms with Crippen LogP contribution in [0.2, 0.25) is 0 Å². The molecular formula is C13H14N2O2. The molecule has 2 aliphatic rings. The molecule has 0 saturated carbocycles. The van der Waals surface area contributed by atoms with Gasteiger partial charge < -0.3 is 4.90 Å². The van der Waals surface area contributed by atoms with Crippen LogP contribution in [0.25, 0.3) is 0 Å². The van der Waals surface area contributed by atoms with E-state index >= 15 is 0 Å². The number of anilines is 1. The maximum Gasteiger partial charge on any atom is 0.258 e. The van der Waals surface area contributed by atoms with Gasteiger partial charge in [0.2, 0.25) is 5.91 Å². The quantitative estimate of drug-likeness (QED) is 0.735. The number of imide groups is 1. The Balaban J connectivity index is 1.97. The fraction of sp³-hybridized carbons (Fsp3) is 0.385. The van der Waals surface area contributed by atoms with Gasteiger partial charge in [0.15, 0.2) is 0 Å². The number of carbonyl (C=O) groups excluding carboxylic acids is 2. The van der Waals surface area contributed by atoms with Gasteiger partial charge in [0.05, 0.1) is 6.42 Å². The number of hydrogen-bond donors (Lipinski definition) is 1. The Kier molecular flexibility index (Phi) is 2.35. The molecule has 2 aliphatic heterocycles. The SMILES string of the molecule is O=C1Cc2cc(N3CCCC3)ccc2C(=O)N1. The summed E-state index contributed by atoms with van der Waals surface area (Å²) < 4.78 is 0. The predicted octanol–water partition coefficient (Wildman–Crippen LogP) is 1.10. The van der Waals surface area contributed by atoms with E-state index in [0.717, 1.165) is 24.3 Å². The Hall–Kier alpha value is -1.84. The van der Waals surface area contributed by atoms with Crippen LogP contribution in [-0.2, 0) is 11.2 Å². The number of fused-ring (bicyclic) bond motifs is 1. The van der Waals surface area contributed by atoms with Gasteiger partial charge in [-0.1, -0.05) is 0 Å². The summed E-state index contributed by atoms with van der Waals surface area (Å²) in [4.78, 5) is 25.2. The standard InChI is InChI=1S/C13H14N2O2/c16-12-8-9-7-10(15-5-1-2-6-15)3-4-11(9)13(17)14-12/h3-4,7H,1-2,5-6,8H2,(H,14,16,17). The van der Waals surface area contributed by atoms with Crippen LogP contribution in [0.1, 0.15) is 28.8 Å². The molecule has 4 heteroatoms. The van der Waals surface area contributed by atoms with E-state index in [1.165, 1.54) is 12.8 Å². The minimum atomic E-state index is -0.274. The van der Waals surface area contributed by atoms with Crippen LogP contribution in [0, 0.1) is 0 Å². The summed E-state index contributed by atoms with van der Waals surface area (Å²) in [6.45, 7) is 2.14. The molecule has 1 fully saturated rings. The molecule has 1 N–H and O–H groups in total. The Morgan fingerprint density at radius 1 is 1.12 bits per heavy atom. The molecule has 4 nitrogen and oxygen atoms in total. The summed E-state index contributed by atoms with van der Waals surface area (Å²) in [5.41, 5.74) is 2.61. The van der Waals surface area contributed by atoms with E-state index in [1.54, 1.807) is 0 Å². The number of carbonyl (C=O) groups is 2. The molecule has 0 atom stereocenters. The predicted molar refractivity (Wildman–Crippen MR) is 64.1 cm³/mol.